The van der Waals surface area contributed by atoms with Crippen LogP contribution in [0, 0.1) is 11.3 Å². The summed E-state index contributed by atoms with van der Waals surface area (Å²) in [6.07, 6.45) is 0.988. The lowest BCUT2D eigenvalue weighted by molar-refractivity contribution is 0.599. The number of nitrogens with two attached hydrogens (primary N) is 1. The molecule has 0 saturated heterocycles. The summed E-state index contributed by atoms with van der Waals surface area (Å²) in [7, 11) is -3.43. The van der Waals surface area contributed by atoms with E-state index in [9.17, 15) is 8.42 Å². The third-order valence-corrected chi connectivity index (χ3v) is 2.94. The zero-order valence-corrected chi connectivity index (χ0v) is 7.74. The SMILES string of the molecule is CS(=O)(=O)c1nsc(N)c1C#N. The highest BCUT2D eigenvalue weighted by atomic mass is 32.2. The molecular formula is C5H5N3O2S2. The number of hydrogen-bond acceptors (Lipinski definition) is 6. The number of sulfone groups is 1. The molecule has 0 saturated carbocycles. The maximum Gasteiger partial charge on any atom is 0.195 e. The number of nitrogen functional groups attached to an aromatic ring is 1. The third kappa shape index (κ3) is 1.39. The highest BCUT2D eigenvalue weighted by Gasteiger charge is 2.19. The Bertz CT molecular complexity index is 440. The Morgan fingerprint density at radius 1 is 1.67 bits per heavy atom. The Kier molecular flexibility index (Phi) is 2.04. The molecule has 5 nitrogen and oxygen atoms in total. The van der Waals surface area contributed by atoms with Crippen molar-refractivity contribution in [3.8, 4) is 6.07 Å². The molecular weight excluding hydrogens is 198 g/mol. The fourth-order valence-corrected chi connectivity index (χ4v) is 2.39. The maximum absolute atomic E-state index is 11.0. The summed E-state index contributed by atoms with van der Waals surface area (Å²) in [5.74, 6) is 0. The fourth-order valence-electron chi connectivity index (χ4n) is 0.643. The molecule has 0 aliphatic carbocycles. The molecule has 0 radical (unpaired) electrons. The van der Waals surface area contributed by atoms with Crippen LogP contribution in [0.2, 0.25) is 0 Å². The Morgan fingerprint density at radius 2 is 2.25 bits per heavy atom. The van der Waals surface area contributed by atoms with E-state index in [0.717, 1.165) is 17.8 Å². The van der Waals surface area contributed by atoms with E-state index in [1.807, 2.05) is 0 Å². The van der Waals surface area contributed by atoms with Gasteiger partial charge in [-0.2, -0.15) is 9.64 Å². The molecule has 7 heteroatoms. The topological polar surface area (TPSA) is 96.8 Å². The Morgan fingerprint density at radius 3 is 2.58 bits per heavy atom. The van der Waals surface area contributed by atoms with Gasteiger partial charge in [0.05, 0.1) is 0 Å². The second kappa shape index (κ2) is 2.73. The molecule has 1 aromatic heterocycles. The van der Waals surface area contributed by atoms with Gasteiger partial charge in [0.15, 0.2) is 14.9 Å². The first-order valence-electron chi connectivity index (χ1n) is 2.82. The van der Waals surface area contributed by atoms with Crippen LogP contribution in [0.3, 0.4) is 0 Å². The highest BCUT2D eigenvalue weighted by Crippen LogP contribution is 2.23. The van der Waals surface area contributed by atoms with Crippen LogP contribution < -0.4 is 5.73 Å². The third-order valence-electron chi connectivity index (χ3n) is 1.15. The minimum Gasteiger partial charge on any atom is -0.388 e. The first-order chi connectivity index (χ1) is 5.46. The van der Waals surface area contributed by atoms with Crippen molar-refractivity contribution >= 4 is 26.4 Å². The average Bonchev–Trinajstić information content (AvgIpc) is 2.29. The van der Waals surface area contributed by atoms with Crippen LogP contribution in [0.4, 0.5) is 5.00 Å². The second-order valence-corrected chi connectivity index (χ2v) is 4.85. The second-order valence-electron chi connectivity index (χ2n) is 2.11. The largest absolute Gasteiger partial charge is 0.388 e. The van der Waals surface area contributed by atoms with Gasteiger partial charge in [-0.15, -0.1) is 0 Å². The van der Waals surface area contributed by atoms with Gasteiger partial charge in [-0.25, -0.2) is 8.42 Å². The molecule has 0 atom stereocenters. The van der Waals surface area contributed by atoms with E-state index in [2.05, 4.69) is 4.37 Å². The predicted octanol–water partition coefficient (Wildman–Crippen LogP) is 0.000480. The van der Waals surface area contributed by atoms with Crippen LogP contribution in [0.25, 0.3) is 0 Å². The van der Waals surface area contributed by atoms with Gasteiger partial charge in [0.2, 0.25) is 0 Å². The Labute approximate surface area is 73.5 Å². The van der Waals surface area contributed by atoms with E-state index in [1.54, 1.807) is 6.07 Å². The van der Waals surface area contributed by atoms with E-state index >= 15 is 0 Å². The summed E-state index contributed by atoms with van der Waals surface area (Å²) >= 11 is 0.809. The van der Waals surface area contributed by atoms with Gasteiger partial charge in [-0.3, -0.25) is 0 Å². The normalized spacial score (nSPS) is 11.0. The molecule has 0 fully saturated rings. The van der Waals surface area contributed by atoms with Crippen molar-refractivity contribution in [3.63, 3.8) is 0 Å². The summed E-state index contributed by atoms with van der Waals surface area (Å²) in [6, 6.07) is 1.69. The van der Waals surface area contributed by atoms with Crippen molar-refractivity contribution in [1.29, 1.82) is 5.26 Å². The summed E-state index contributed by atoms with van der Waals surface area (Å²) in [6.45, 7) is 0. The van der Waals surface area contributed by atoms with Gasteiger partial charge >= 0.3 is 0 Å². The van der Waals surface area contributed by atoms with Gasteiger partial charge in [0, 0.05) is 6.26 Å². The molecule has 1 aromatic rings. The van der Waals surface area contributed by atoms with E-state index in [1.165, 1.54) is 0 Å². The van der Waals surface area contributed by atoms with Crippen LogP contribution in [0.15, 0.2) is 5.03 Å². The lowest BCUT2D eigenvalue weighted by Crippen LogP contribution is -2.00. The molecule has 0 aromatic carbocycles. The zero-order valence-electron chi connectivity index (χ0n) is 6.10. The molecule has 12 heavy (non-hydrogen) atoms. The summed E-state index contributed by atoms with van der Waals surface area (Å²) in [4.78, 5) is 0. The van der Waals surface area contributed by atoms with E-state index in [0.29, 0.717) is 0 Å². The van der Waals surface area contributed by atoms with Crippen molar-refractivity contribution < 1.29 is 8.42 Å². The van der Waals surface area contributed by atoms with Gasteiger partial charge in [-0.1, -0.05) is 0 Å². The minimum absolute atomic E-state index is 0.0532. The molecule has 2 N–H and O–H groups in total. The Balaban J connectivity index is 3.49. The number of anilines is 1. The van der Waals surface area contributed by atoms with Gasteiger partial charge in [-0.05, 0) is 11.5 Å². The molecule has 1 heterocycles. The first kappa shape index (κ1) is 8.96. The number of nitriles is 1. The molecule has 0 bridgehead atoms. The Hall–Kier alpha value is -1.13. The van der Waals surface area contributed by atoms with Crippen LogP contribution in [-0.2, 0) is 9.84 Å². The maximum atomic E-state index is 11.0. The van der Waals surface area contributed by atoms with Crippen molar-refractivity contribution in [1.82, 2.24) is 4.37 Å². The summed E-state index contributed by atoms with van der Waals surface area (Å²) in [5, 5.41) is 8.43. The zero-order chi connectivity index (χ0) is 9.35. The highest BCUT2D eigenvalue weighted by molar-refractivity contribution is 7.90. The summed E-state index contributed by atoms with van der Waals surface area (Å²) in [5.41, 5.74) is 5.26. The lowest BCUT2D eigenvalue weighted by Gasteiger charge is -1.90. The lowest BCUT2D eigenvalue weighted by atomic mass is 10.4. The van der Waals surface area contributed by atoms with Gasteiger partial charge in [0.1, 0.15) is 16.6 Å². The molecule has 0 aliphatic rings. The monoisotopic (exact) mass is 203 g/mol. The predicted molar refractivity (Wildman–Crippen MR) is 44.4 cm³/mol. The van der Waals surface area contributed by atoms with E-state index in [-0.39, 0.29) is 15.6 Å². The summed E-state index contributed by atoms with van der Waals surface area (Å²) < 4.78 is 25.5. The van der Waals surface area contributed by atoms with Crippen molar-refractivity contribution in [2.24, 2.45) is 0 Å². The molecule has 0 spiro atoms. The van der Waals surface area contributed by atoms with E-state index in [4.69, 9.17) is 11.0 Å². The van der Waals surface area contributed by atoms with Crippen LogP contribution in [-0.4, -0.2) is 19.0 Å². The number of rotatable bonds is 1. The number of nitrogens with zero attached hydrogens (tertiary/aromatic N) is 2. The molecule has 0 amide bonds. The number of aromatic nitrogens is 1. The average molecular weight is 203 g/mol. The molecule has 1 rings (SSSR count). The first-order valence-corrected chi connectivity index (χ1v) is 5.48. The fraction of sp³-hybridized carbons (Fsp3) is 0.200. The van der Waals surface area contributed by atoms with E-state index < -0.39 is 9.84 Å². The quantitative estimate of drug-likeness (QED) is 0.692. The van der Waals surface area contributed by atoms with Crippen LogP contribution in [0.1, 0.15) is 5.56 Å². The number of hydrogen-bond donors (Lipinski definition) is 1. The van der Waals surface area contributed by atoms with Crippen LogP contribution >= 0.6 is 11.5 Å². The van der Waals surface area contributed by atoms with Crippen molar-refractivity contribution in [2.45, 2.75) is 5.03 Å². The minimum atomic E-state index is -3.43. The van der Waals surface area contributed by atoms with Gasteiger partial charge in [0.25, 0.3) is 0 Å². The molecule has 64 valence electrons. The van der Waals surface area contributed by atoms with Crippen molar-refractivity contribution in [3.05, 3.63) is 5.56 Å². The molecule has 0 aliphatic heterocycles. The van der Waals surface area contributed by atoms with Crippen molar-refractivity contribution in [2.75, 3.05) is 12.0 Å². The van der Waals surface area contributed by atoms with Crippen LogP contribution in [0.5, 0.6) is 0 Å². The smallest absolute Gasteiger partial charge is 0.195 e. The van der Waals surface area contributed by atoms with Gasteiger partial charge < -0.3 is 5.73 Å². The standard InChI is InChI=1S/C5H5N3O2S2/c1-12(9,10)5-3(2-6)4(7)11-8-5/h7H2,1H3. The molecule has 0 unspecified atom stereocenters.